The molecule has 2 aliphatic heterocycles. The van der Waals surface area contributed by atoms with Gasteiger partial charge in [-0.3, -0.25) is 20.2 Å². The van der Waals surface area contributed by atoms with Gasteiger partial charge in [-0.05, 0) is 59.7 Å². The molecule has 0 saturated heterocycles. The summed E-state index contributed by atoms with van der Waals surface area (Å²) in [6, 6.07) is 21.3. The third kappa shape index (κ3) is 6.53. The lowest BCUT2D eigenvalue weighted by Crippen LogP contribution is -2.35. The Morgan fingerprint density at radius 3 is 1.55 bits per heavy atom. The Kier molecular flexibility index (Phi) is 7.92. The van der Waals surface area contributed by atoms with E-state index in [1.165, 1.54) is 12.1 Å². The van der Waals surface area contributed by atoms with E-state index in [0.29, 0.717) is 26.2 Å². The summed E-state index contributed by atoms with van der Waals surface area (Å²) in [6.45, 7) is 2.57. The molecule has 0 aliphatic carbocycles. The fourth-order valence-electron chi connectivity index (χ4n) is 4.45. The van der Waals surface area contributed by atoms with Gasteiger partial charge in [-0.2, -0.15) is 0 Å². The summed E-state index contributed by atoms with van der Waals surface area (Å²) in [6.07, 6.45) is 7.59. The Balaban J connectivity index is 1.25. The van der Waals surface area contributed by atoms with Crippen LogP contribution in [-0.2, 0) is 22.7 Å². The van der Waals surface area contributed by atoms with E-state index in [1.54, 1.807) is 12.1 Å². The molecule has 7 nitrogen and oxygen atoms in total. The van der Waals surface area contributed by atoms with Crippen LogP contribution in [0.5, 0.6) is 0 Å². The third-order valence-electron chi connectivity index (χ3n) is 6.51. The number of carbonyl (C=O) groups is 2. The molecular weight excluding hydrogens is 481 g/mol. The van der Waals surface area contributed by atoms with Gasteiger partial charge >= 0.3 is 0 Å². The van der Waals surface area contributed by atoms with Crippen molar-refractivity contribution in [1.82, 2.24) is 10.6 Å². The van der Waals surface area contributed by atoms with Crippen LogP contribution in [-0.4, -0.2) is 37.0 Å². The number of nitrogens with one attached hydrogen (secondary N) is 4. The number of carbonyl (C=O) groups excluding carboxylic acids is 2. The van der Waals surface area contributed by atoms with Gasteiger partial charge in [0, 0.05) is 43.2 Å². The van der Waals surface area contributed by atoms with Gasteiger partial charge in [0.1, 0.15) is 17.9 Å². The summed E-state index contributed by atoms with van der Waals surface area (Å²) in [4.78, 5) is 26.9. The van der Waals surface area contributed by atoms with Gasteiger partial charge < -0.3 is 15.5 Å². The van der Waals surface area contributed by atoms with Crippen LogP contribution < -0.4 is 26.2 Å². The summed E-state index contributed by atoms with van der Waals surface area (Å²) in [5.74, 6) is -0.461. The molecule has 194 valence electrons. The molecule has 2 unspecified atom stereocenters. The van der Waals surface area contributed by atoms with E-state index in [2.05, 4.69) is 26.2 Å². The SMILES string of the molecule is O=C(Nc1ccc(CN(Cc2ccc(NC(=O)C3C=CCN3)cc2)c2ccc(F)cc2)cc1)C1C=CCN1. The molecular formula is C30H30FN5O2. The highest BCUT2D eigenvalue weighted by atomic mass is 19.1. The minimum absolute atomic E-state index is 0.0879. The predicted octanol–water partition coefficient (Wildman–Crippen LogP) is 3.97. The highest BCUT2D eigenvalue weighted by Gasteiger charge is 2.18. The quantitative estimate of drug-likeness (QED) is 0.327. The first-order chi connectivity index (χ1) is 18.5. The Morgan fingerprint density at radius 1 is 0.711 bits per heavy atom. The molecule has 0 fully saturated rings. The van der Waals surface area contributed by atoms with Crippen molar-refractivity contribution in [3.05, 3.63) is 114 Å². The molecule has 0 aromatic heterocycles. The van der Waals surface area contributed by atoms with E-state index in [1.807, 2.05) is 72.8 Å². The van der Waals surface area contributed by atoms with Gasteiger partial charge in [-0.1, -0.05) is 48.6 Å². The van der Waals surface area contributed by atoms with E-state index in [-0.39, 0.29) is 29.7 Å². The number of hydrogen-bond donors (Lipinski definition) is 4. The van der Waals surface area contributed by atoms with Crippen LogP contribution in [0, 0.1) is 5.82 Å². The zero-order valence-electron chi connectivity index (χ0n) is 20.9. The molecule has 2 atom stereocenters. The van der Waals surface area contributed by atoms with Gasteiger partial charge in [0.25, 0.3) is 0 Å². The van der Waals surface area contributed by atoms with Crippen LogP contribution in [0.3, 0.4) is 0 Å². The Hall–Kier alpha value is -4.27. The highest BCUT2D eigenvalue weighted by molar-refractivity contribution is 5.97. The lowest BCUT2D eigenvalue weighted by Gasteiger charge is -2.25. The van der Waals surface area contributed by atoms with Gasteiger partial charge in [0.15, 0.2) is 0 Å². The van der Waals surface area contributed by atoms with Crippen molar-refractivity contribution in [2.24, 2.45) is 0 Å². The zero-order valence-corrected chi connectivity index (χ0v) is 20.9. The third-order valence-corrected chi connectivity index (χ3v) is 6.51. The molecule has 3 aromatic carbocycles. The maximum Gasteiger partial charge on any atom is 0.245 e. The van der Waals surface area contributed by atoms with Crippen molar-refractivity contribution >= 4 is 28.9 Å². The number of benzene rings is 3. The van der Waals surface area contributed by atoms with E-state index >= 15 is 0 Å². The van der Waals surface area contributed by atoms with E-state index in [0.717, 1.165) is 28.2 Å². The molecule has 2 heterocycles. The highest BCUT2D eigenvalue weighted by Crippen LogP contribution is 2.23. The second kappa shape index (κ2) is 11.9. The van der Waals surface area contributed by atoms with Crippen molar-refractivity contribution in [2.45, 2.75) is 25.2 Å². The van der Waals surface area contributed by atoms with E-state index in [4.69, 9.17) is 0 Å². The number of rotatable bonds is 9. The lowest BCUT2D eigenvalue weighted by atomic mass is 10.1. The summed E-state index contributed by atoms with van der Waals surface area (Å²) in [5.41, 5.74) is 4.45. The van der Waals surface area contributed by atoms with Crippen molar-refractivity contribution in [3.8, 4) is 0 Å². The molecule has 38 heavy (non-hydrogen) atoms. The second-order valence-corrected chi connectivity index (χ2v) is 9.33. The molecule has 0 spiro atoms. The molecule has 0 bridgehead atoms. The first kappa shape index (κ1) is 25.4. The fourth-order valence-corrected chi connectivity index (χ4v) is 4.45. The first-order valence-electron chi connectivity index (χ1n) is 12.6. The minimum atomic E-state index is -0.306. The smallest absolute Gasteiger partial charge is 0.245 e. The molecule has 0 saturated carbocycles. The molecule has 8 heteroatoms. The summed E-state index contributed by atoms with van der Waals surface area (Å²) >= 11 is 0. The Labute approximate surface area is 221 Å². The summed E-state index contributed by atoms with van der Waals surface area (Å²) < 4.78 is 13.6. The zero-order chi connectivity index (χ0) is 26.3. The van der Waals surface area contributed by atoms with Crippen LogP contribution in [0.1, 0.15) is 11.1 Å². The maximum atomic E-state index is 13.6. The molecule has 2 aliphatic rings. The van der Waals surface area contributed by atoms with E-state index in [9.17, 15) is 14.0 Å². The summed E-state index contributed by atoms with van der Waals surface area (Å²) in [7, 11) is 0. The molecule has 4 N–H and O–H groups in total. The van der Waals surface area contributed by atoms with Crippen LogP contribution in [0.4, 0.5) is 21.5 Å². The van der Waals surface area contributed by atoms with E-state index < -0.39 is 0 Å². The molecule has 3 aromatic rings. The van der Waals surface area contributed by atoms with Crippen molar-refractivity contribution < 1.29 is 14.0 Å². The average Bonchev–Trinajstić information content (AvgIpc) is 3.66. The van der Waals surface area contributed by atoms with Gasteiger partial charge in [0.05, 0.1) is 0 Å². The Bertz CT molecular complexity index is 1240. The number of amides is 2. The number of hydrogen-bond acceptors (Lipinski definition) is 5. The standard InChI is InChI=1S/C30H30FN5O2/c31-23-9-15-26(16-10-23)36(19-21-5-11-24(12-6-21)34-29(37)27-3-1-17-32-27)20-22-7-13-25(14-8-22)35-30(38)28-4-2-18-33-28/h1-16,27-28,32-33H,17-20H2,(H,34,37)(H,35,38). The fraction of sp³-hybridized carbons (Fsp3) is 0.200. The Morgan fingerprint density at radius 2 is 1.16 bits per heavy atom. The van der Waals surface area contributed by atoms with Crippen molar-refractivity contribution in [3.63, 3.8) is 0 Å². The van der Waals surface area contributed by atoms with Gasteiger partial charge in [0.2, 0.25) is 11.8 Å². The largest absolute Gasteiger partial charge is 0.363 e. The topological polar surface area (TPSA) is 85.5 Å². The number of nitrogens with zero attached hydrogens (tertiary/aromatic N) is 1. The minimum Gasteiger partial charge on any atom is -0.363 e. The average molecular weight is 512 g/mol. The predicted molar refractivity (Wildman–Crippen MR) is 148 cm³/mol. The normalized spacial score (nSPS) is 17.9. The lowest BCUT2D eigenvalue weighted by molar-refractivity contribution is -0.117. The second-order valence-electron chi connectivity index (χ2n) is 9.33. The first-order valence-corrected chi connectivity index (χ1v) is 12.6. The van der Waals surface area contributed by atoms with Crippen LogP contribution >= 0.6 is 0 Å². The van der Waals surface area contributed by atoms with Crippen LogP contribution in [0.15, 0.2) is 97.1 Å². The van der Waals surface area contributed by atoms with Gasteiger partial charge in [-0.15, -0.1) is 0 Å². The number of halogens is 1. The van der Waals surface area contributed by atoms with Gasteiger partial charge in [-0.25, -0.2) is 4.39 Å². The summed E-state index contributed by atoms with van der Waals surface area (Å²) in [5, 5.41) is 12.1. The molecule has 5 rings (SSSR count). The maximum absolute atomic E-state index is 13.6. The number of anilines is 3. The van der Waals surface area contributed by atoms with Crippen LogP contribution in [0.25, 0.3) is 0 Å². The van der Waals surface area contributed by atoms with Crippen molar-refractivity contribution in [2.75, 3.05) is 28.6 Å². The molecule has 2 amide bonds. The van der Waals surface area contributed by atoms with Crippen LogP contribution in [0.2, 0.25) is 0 Å². The monoisotopic (exact) mass is 511 g/mol. The molecule has 0 radical (unpaired) electrons. The van der Waals surface area contributed by atoms with Crippen molar-refractivity contribution in [1.29, 1.82) is 0 Å².